The molecular formula is C44H28N6. The molecule has 0 saturated heterocycles. The van der Waals surface area contributed by atoms with Crippen molar-refractivity contribution >= 4 is 43.6 Å². The minimum absolute atomic E-state index is 0.568. The highest BCUT2D eigenvalue weighted by atomic mass is 15.2. The van der Waals surface area contributed by atoms with E-state index in [2.05, 4.69) is 106 Å². The summed E-state index contributed by atoms with van der Waals surface area (Å²) >= 11 is 0. The summed E-state index contributed by atoms with van der Waals surface area (Å²) in [5, 5.41) is 4.59. The number of pyridine rings is 1. The molecule has 6 aromatic carbocycles. The lowest BCUT2D eigenvalue weighted by Gasteiger charge is -2.11. The Bertz CT molecular complexity index is 2800. The van der Waals surface area contributed by atoms with E-state index in [9.17, 15) is 0 Å². The number of hydrogen-bond acceptors (Lipinski definition) is 4. The molecule has 0 unspecified atom stereocenters. The van der Waals surface area contributed by atoms with Crippen LogP contribution in [0.1, 0.15) is 0 Å². The molecule has 4 aromatic heterocycles. The number of rotatable bonds is 5. The minimum atomic E-state index is 0.568. The van der Waals surface area contributed by atoms with Gasteiger partial charge in [0.2, 0.25) is 5.95 Å². The first-order valence-electron chi connectivity index (χ1n) is 16.7. The fourth-order valence-electron chi connectivity index (χ4n) is 7.33. The highest BCUT2D eigenvalue weighted by Crippen LogP contribution is 2.43. The maximum atomic E-state index is 5.13. The van der Waals surface area contributed by atoms with E-state index in [0.717, 1.165) is 60.8 Å². The lowest BCUT2D eigenvalue weighted by atomic mass is 9.97. The number of nitrogens with zero attached hydrogens (tertiary/aromatic N) is 6. The monoisotopic (exact) mass is 640 g/mol. The van der Waals surface area contributed by atoms with Gasteiger partial charge in [0.15, 0.2) is 11.6 Å². The predicted molar refractivity (Wildman–Crippen MR) is 203 cm³/mol. The Labute approximate surface area is 287 Å². The highest BCUT2D eigenvalue weighted by Gasteiger charge is 2.22. The Morgan fingerprint density at radius 1 is 0.360 bits per heavy atom. The molecule has 0 fully saturated rings. The van der Waals surface area contributed by atoms with Crippen molar-refractivity contribution in [1.82, 2.24) is 29.1 Å². The fraction of sp³-hybridized carbons (Fsp3) is 0. The van der Waals surface area contributed by atoms with E-state index in [1.54, 1.807) is 0 Å². The van der Waals surface area contributed by atoms with Crippen LogP contribution in [-0.4, -0.2) is 29.1 Å². The molecule has 50 heavy (non-hydrogen) atoms. The van der Waals surface area contributed by atoms with Crippen molar-refractivity contribution in [1.29, 1.82) is 0 Å². The zero-order chi connectivity index (χ0) is 33.0. The maximum absolute atomic E-state index is 5.13. The zero-order valence-corrected chi connectivity index (χ0v) is 26.8. The predicted octanol–water partition coefficient (Wildman–Crippen LogP) is 10.5. The molecular weight excluding hydrogens is 613 g/mol. The lowest BCUT2D eigenvalue weighted by Crippen LogP contribution is -2.06. The summed E-state index contributed by atoms with van der Waals surface area (Å²) in [6.45, 7) is 0. The van der Waals surface area contributed by atoms with E-state index >= 15 is 0 Å². The molecule has 0 radical (unpaired) electrons. The molecule has 0 bridgehead atoms. The number of aromatic nitrogens is 6. The Balaban J connectivity index is 1.28. The standard InChI is InChI=1S/C44H28N6/c1-4-15-29(16-5-1)42-46-43(30-17-6-2-7-18-30)48-44(47-42)50-37-25-13-11-22-34(37)40-32(23-14-26-38(40)50)35-27-45-28-39-41(35)33-21-10-12-24-36(33)49(39)31-19-8-3-9-20-31/h1-28H. The van der Waals surface area contributed by atoms with Gasteiger partial charge in [-0.05, 0) is 35.9 Å². The first-order valence-corrected chi connectivity index (χ1v) is 16.7. The number of fused-ring (bicyclic) bond motifs is 6. The molecule has 234 valence electrons. The third-order valence-electron chi connectivity index (χ3n) is 9.47. The molecule has 10 rings (SSSR count). The average molecular weight is 641 g/mol. The SMILES string of the molecule is c1ccc(-c2nc(-c3ccccc3)nc(-n3c4ccccc4c4c(-c5cncc6c5c5ccccc5n6-c5ccccc5)cccc43)n2)cc1. The maximum Gasteiger partial charge on any atom is 0.238 e. The van der Waals surface area contributed by atoms with Crippen molar-refractivity contribution < 1.29 is 0 Å². The van der Waals surface area contributed by atoms with Crippen LogP contribution in [0.3, 0.4) is 0 Å². The molecule has 0 saturated carbocycles. The summed E-state index contributed by atoms with van der Waals surface area (Å²) < 4.78 is 4.49. The van der Waals surface area contributed by atoms with E-state index in [1.165, 1.54) is 10.8 Å². The molecule has 4 heterocycles. The Morgan fingerprint density at radius 2 is 0.880 bits per heavy atom. The van der Waals surface area contributed by atoms with Crippen molar-refractivity contribution in [2.75, 3.05) is 0 Å². The number of para-hydroxylation sites is 3. The summed E-state index contributed by atoms with van der Waals surface area (Å²) in [7, 11) is 0. The van der Waals surface area contributed by atoms with E-state index < -0.39 is 0 Å². The van der Waals surface area contributed by atoms with Crippen molar-refractivity contribution in [3.8, 4) is 45.5 Å². The van der Waals surface area contributed by atoms with Gasteiger partial charge >= 0.3 is 0 Å². The van der Waals surface area contributed by atoms with E-state index in [-0.39, 0.29) is 0 Å². The van der Waals surface area contributed by atoms with Crippen LogP contribution in [0.5, 0.6) is 0 Å². The van der Waals surface area contributed by atoms with Gasteiger partial charge in [-0.3, -0.25) is 9.55 Å². The van der Waals surface area contributed by atoms with Gasteiger partial charge in [-0.25, -0.2) is 4.98 Å². The van der Waals surface area contributed by atoms with Crippen molar-refractivity contribution in [3.63, 3.8) is 0 Å². The van der Waals surface area contributed by atoms with Crippen molar-refractivity contribution in [2.24, 2.45) is 0 Å². The van der Waals surface area contributed by atoms with Crippen molar-refractivity contribution in [3.05, 3.63) is 170 Å². The quantitative estimate of drug-likeness (QED) is 0.188. The first-order chi connectivity index (χ1) is 24.8. The van der Waals surface area contributed by atoms with Crippen LogP contribution in [0.15, 0.2) is 170 Å². The van der Waals surface area contributed by atoms with Gasteiger partial charge in [0.25, 0.3) is 0 Å². The van der Waals surface area contributed by atoms with Gasteiger partial charge in [-0.2, -0.15) is 9.97 Å². The Hall–Kier alpha value is -6.92. The number of benzene rings is 6. The smallest absolute Gasteiger partial charge is 0.238 e. The van der Waals surface area contributed by atoms with E-state index in [1.807, 2.05) is 73.1 Å². The van der Waals surface area contributed by atoms with Crippen LogP contribution in [0.2, 0.25) is 0 Å². The summed E-state index contributed by atoms with van der Waals surface area (Å²) in [6.07, 6.45) is 3.99. The summed E-state index contributed by atoms with van der Waals surface area (Å²) in [4.78, 5) is 20.1. The molecule has 0 aliphatic carbocycles. The lowest BCUT2D eigenvalue weighted by molar-refractivity contribution is 0.953. The highest BCUT2D eigenvalue weighted by molar-refractivity contribution is 6.21. The minimum Gasteiger partial charge on any atom is -0.308 e. The van der Waals surface area contributed by atoms with Crippen LogP contribution >= 0.6 is 0 Å². The van der Waals surface area contributed by atoms with Gasteiger partial charge in [0, 0.05) is 50.1 Å². The molecule has 6 nitrogen and oxygen atoms in total. The number of hydrogen-bond donors (Lipinski definition) is 0. The second kappa shape index (κ2) is 11.4. The third-order valence-corrected chi connectivity index (χ3v) is 9.47. The summed E-state index contributed by atoms with van der Waals surface area (Å²) in [6, 6.07) is 54.3. The zero-order valence-electron chi connectivity index (χ0n) is 26.8. The first kappa shape index (κ1) is 28.1. The Morgan fingerprint density at radius 3 is 1.52 bits per heavy atom. The van der Waals surface area contributed by atoms with Crippen LogP contribution in [0, 0.1) is 0 Å². The van der Waals surface area contributed by atoms with Crippen LogP contribution in [0.25, 0.3) is 89.2 Å². The molecule has 0 N–H and O–H groups in total. The van der Waals surface area contributed by atoms with Gasteiger partial charge in [-0.15, -0.1) is 0 Å². The molecule has 0 atom stereocenters. The van der Waals surface area contributed by atoms with Crippen molar-refractivity contribution in [2.45, 2.75) is 0 Å². The molecule has 0 aliphatic rings. The largest absolute Gasteiger partial charge is 0.308 e. The Kier molecular flexibility index (Phi) is 6.39. The average Bonchev–Trinajstić information content (AvgIpc) is 3.72. The van der Waals surface area contributed by atoms with Crippen LogP contribution in [0.4, 0.5) is 0 Å². The second-order valence-electron chi connectivity index (χ2n) is 12.3. The fourth-order valence-corrected chi connectivity index (χ4v) is 7.33. The van der Waals surface area contributed by atoms with Gasteiger partial charge in [-0.1, -0.05) is 127 Å². The summed E-state index contributed by atoms with van der Waals surface area (Å²) in [5.74, 6) is 1.82. The topological polar surface area (TPSA) is 61.4 Å². The van der Waals surface area contributed by atoms with Crippen LogP contribution < -0.4 is 0 Å². The third kappa shape index (κ3) is 4.36. The molecule has 0 amide bonds. The van der Waals surface area contributed by atoms with Gasteiger partial charge in [0.05, 0.1) is 28.3 Å². The van der Waals surface area contributed by atoms with E-state index in [0.29, 0.717) is 17.6 Å². The normalized spacial score (nSPS) is 11.6. The molecule has 6 heteroatoms. The van der Waals surface area contributed by atoms with E-state index in [4.69, 9.17) is 19.9 Å². The molecule has 0 aliphatic heterocycles. The van der Waals surface area contributed by atoms with Gasteiger partial charge < -0.3 is 4.57 Å². The van der Waals surface area contributed by atoms with Gasteiger partial charge in [0.1, 0.15) is 0 Å². The van der Waals surface area contributed by atoms with Crippen LogP contribution in [-0.2, 0) is 0 Å². The summed E-state index contributed by atoms with van der Waals surface area (Å²) in [5.41, 5.74) is 9.38. The molecule has 10 aromatic rings. The molecule has 0 spiro atoms. The second-order valence-corrected chi connectivity index (χ2v) is 12.3.